The van der Waals surface area contributed by atoms with Crippen molar-refractivity contribution in [2.45, 2.75) is 0 Å². The van der Waals surface area contributed by atoms with Gasteiger partial charge in [0, 0.05) is 56.1 Å². The zero-order valence-electron chi connectivity index (χ0n) is 23.9. The molecule has 0 saturated heterocycles. The van der Waals surface area contributed by atoms with Crippen molar-refractivity contribution in [3.63, 3.8) is 0 Å². The van der Waals surface area contributed by atoms with E-state index in [-0.39, 0.29) is 0 Å². The van der Waals surface area contributed by atoms with Crippen LogP contribution in [0.2, 0.25) is 0 Å². The highest BCUT2D eigenvalue weighted by atomic mass is 15.0. The van der Waals surface area contributed by atoms with Crippen molar-refractivity contribution in [3.8, 4) is 39.1 Å². The monoisotopic (exact) mass is 561 g/mol. The predicted molar refractivity (Wildman–Crippen MR) is 184 cm³/mol. The molecule has 3 aromatic heterocycles. The quantitative estimate of drug-likeness (QED) is 0.228. The van der Waals surface area contributed by atoms with Crippen LogP contribution in [0.1, 0.15) is 0 Å². The van der Waals surface area contributed by atoms with Crippen LogP contribution >= 0.6 is 0 Å². The molecule has 9 rings (SSSR count). The number of aromatic amines is 1. The molecule has 6 aromatic carbocycles. The van der Waals surface area contributed by atoms with Crippen LogP contribution in [0, 0.1) is 0 Å². The second kappa shape index (κ2) is 9.82. The van der Waals surface area contributed by atoms with Crippen LogP contribution in [-0.2, 0) is 0 Å². The van der Waals surface area contributed by atoms with Gasteiger partial charge in [-0.3, -0.25) is 4.98 Å². The fraction of sp³-hybridized carbons (Fsp3) is 0. The van der Waals surface area contributed by atoms with Crippen LogP contribution in [0.15, 0.2) is 158 Å². The van der Waals surface area contributed by atoms with Gasteiger partial charge >= 0.3 is 0 Å². The molecule has 3 heteroatoms. The van der Waals surface area contributed by atoms with Gasteiger partial charge in [-0.25, -0.2) is 0 Å². The number of fused-ring (bicyclic) bond motifs is 6. The van der Waals surface area contributed by atoms with Gasteiger partial charge in [0.15, 0.2) is 0 Å². The second-order valence-corrected chi connectivity index (χ2v) is 11.4. The zero-order valence-corrected chi connectivity index (χ0v) is 23.9. The fourth-order valence-electron chi connectivity index (χ4n) is 6.73. The lowest BCUT2D eigenvalue weighted by Gasteiger charge is -2.16. The van der Waals surface area contributed by atoms with Crippen molar-refractivity contribution in [2.24, 2.45) is 0 Å². The van der Waals surface area contributed by atoms with Gasteiger partial charge in [-0.15, -0.1) is 0 Å². The Morgan fingerprint density at radius 2 is 1.09 bits per heavy atom. The van der Waals surface area contributed by atoms with E-state index in [0.717, 1.165) is 22.3 Å². The average molecular weight is 562 g/mol. The van der Waals surface area contributed by atoms with Crippen LogP contribution in [0.25, 0.3) is 82.7 Å². The van der Waals surface area contributed by atoms with Gasteiger partial charge in [-0.05, 0) is 76.9 Å². The molecule has 0 spiro atoms. The van der Waals surface area contributed by atoms with Crippen LogP contribution < -0.4 is 0 Å². The minimum atomic E-state index is 1.11. The van der Waals surface area contributed by atoms with Crippen molar-refractivity contribution >= 4 is 43.6 Å². The smallest absolute Gasteiger partial charge is 0.0541 e. The lowest BCUT2D eigenvalue weighted by molar-refractivity contribution is 1.18. The van der Waals surface area contributed by atoms with E-state index in [0.29, 0.717) is 0 Å². The molecule has 0 saturated carbocycles. The molecule has 0 aliphatic carbocycles. The summed E-state index contributed by atoms with van der Waals surface area (Å²) >= 11 is 0. The zero-order chi connectivity index (χ0) is 29.0. The van der Waals surface area contributed by atoms with E-state index in [1.165, 1.54) is 60.3 Å². The molecular weight excluding hydrogens is 534 g/mol. The van der Waals surface area contributed by atoms with Crippen molar-refractivity contribution < 1.29 is 0 Å². The van der Waals surface area contributed by atoms with Crippen LogP contribution in [0.3, 0.4) is 0 Å². The van der Waals surface area contributed by atoms with Crippen LogP contribution in [0.4, 0.5) is 0 Å². The van der Waals surface area contributed by atoms with E-state index in [1.807, 2.05) is 18.5 Å². The minimum Gasteiger partial charge on any atom is -0.355 e. The van der Waals surface area contributed by atoms with Gasteiger partial charge in [0.25, 0.3) is 0 Å². The second-order valence-electron chi connectivity index (χ2n) is 11.4. The molecule has 0 radical (unpaired) electrons. The number of para-hydroxylation sites is 2. The van der Waals surface area contributed by atoms with Crippen molar-refractivity contribution in [1.29, 1.82) is 0 Å². The average Bonchev–Trinajstić information content (AvgIpc) is 3.64. The van der Waals surface area contributed by atoms with Gasteiger partial charge in [0.2, 0.25) is 0 Å². The molecule has 1 N–H and O–H groups in total. The lowest BCUT2D eigenvalue weighted by Crippen LogP contribution is -1.98. The Bertz CT molecular complexity index is 2480. The molecule has 9 aromatic rings. The van der Waals surface area contributed by atoms with E-state index in [9.17, 15) is 0 Å². The molecule has 206 valence electrons. The molecular formula is C41H27N3. The first-order valence-electron chi connectivity index (χ1n) is 15.0. The van der Waals surface area contributed by atoms with Gasteiger partial charge in [0.1, 0.15) is 0 Å². The maximum absolute atomic E-state index is 4.37. The maximum atomic E-state index is 4.37. The summed E-state index contributed by atoms with van der Waals surface area (Å²) in [6.45, 7) is 0. The van der Waals surface area contributed by atoms with Gasteiger partial charge < -0.3 is 9.55 Å². The largest absolute Gasteiger partial charge is 0.355 e. The van der Waals surface area contributed by atoms with E-state index >= 15 is 0 Å². The minimum absolute atomic E-state index is 1.11. The van der Waals surface area contributed by atoms with Gasteiger partial charge in [-0.1, -0.05) is 91.0 Å². The van der Waals surface area contributed by atoms with Gasteiger partial charge in [0.05, 0.1) is 16.7 Å². The SMILES string of the molecule is c1ccc(-c2cc(-c3cccnc3)ccc2-n2c3ccccc3c3cc(-c4ccc5[nH]c6ccccc6c5c4)ccc32)cc1. The summed E-state index contributed by atoms with van der Waals surface area (Å²) in [5, 5.41) is 4.99. The number of pyridine rings is 1. The number of rotatable bonds is 4. The van der Waals surface area contributed by atoms with E-state index < -0.39 is 0 Å². The summed E-state index contributed by atoms with van der Waals surface area (Å²) in [6, 6.07) is 52.5. The Hall–Kier alpha value is -5.93. The number of aromatic nitrogens is 3. The Kier molecular flexibility index (Phi) is 5.50. The Labute approximate surface area is 254 Å². The molecule has 3 nitrogen and oxygen atoms in total. The summed E-state index contributed by atoms with van der Waals surface area (Å²) in [4.78, 5) is 7.93. The highest BCUT2D eigenvalue weighted by Crippen LogP contribution is 2.40. The molecule has 0 aliphatic rings. The molecule has 0 unspecified atom stereocenters. The standard InChI is InChI=1S/C41H27N3/c1-2-9-27(10-3-1)34-23-30(31-11-8-22-42-26-31)18-20-40(34)44-39-15-7-5-13-33(39)36-25-29(17-21-41(36)44)28-16-19-38-35(24-28)32-12-4-6-14-37(32)43-38/h1-26,43H. The summed E-state index contributed by atoms with van der Waals surface area (Å²) in [5.41, 5.74) is 12.9. The Morgan fingerprint density at radius 3 is 1.95 bits per heavy atom. The molecule has 0 aliphatic heterocycles. The van der Waals surface area contributed by atoms with Crippen molar-refractivity contribution in [3.05, 3.63) is 158 Å². The van der Waals surface area contributed by atoms with E-state index in [4.69, 9.17) is 0 Å². The summed E-state index contributed by atoms with van der Waals surface area (Å²) in [7, 11) is 0. The fourth-order valence-corrected chi connectivity index (χ4v) is 6.73. The van der Waals surface area contributed by atoms with Crippen molar-refractivity contribution in [2.75, 3.05) is 0 Å². The third-order valence-corrected chi connectivity index (χ3v) is 8.83. The predicted octanol–water partition coefficient (Wildman–Crippen LogP) is 10.8. The first-order chi connectivity index (χ1) is 21.8. The third kappa shape index (κ3) is 3.87. The molecule has 44 heavy (non-hydrogen) atoms. The summed E-state index contributed by atoms with van der Waals surface area (Å²) in [6.07, 6.45) is 3.75. The molecule has 0 atom stereocenters. The highest BCUT2D eigenvalue weighted by molar-refractivity contribution is 6.12. The number of hydrogen-bond donors (Lipinski definition) is 1. The molecule has 0 fully saturated rings. The lowest BCUT2D eigenvalue weighted by atomic mass is 9.97. The molecule has 0 amide bonds. The first kappa shape index (κ1) is 24.6. The summed E-state index contributed by atoms with van der Waals surface area (Å²) in [5.74, 6) is 0. The molecule has 3 heterocycles. The number of nitrogens with zero attached hydrogens (tertiary/aromatic N) is 2. The normalized spacial score (nSPS) is 11.6. The number of hydrogen-bond acceptors (Lipinski definition) is 1. The van der Waals surface area contributed by atoms with E-state index in [2.05, 4.69) is 154 Å². The van der Waals surface area contributed by atoms with Crippen LogP contribution in [-0.4, -0.2) is 14.5 Å². The first-order valence-corrected chi connectivity index (χ1v) is 15.0. The Balaban J connectivity index is 1.27. The molecule has 0 bridgehead atoms. The maximum Gasteiger partial charge on any atom is 0.0541 e. The highest BCUT2D eigenvalue weighted by Gasteiger charge is 2.17. The van der Waals surface area contributed by atoms with Crippen LogP contribution in [0.5, 0.6) is 0 Å². The Morgan fingerprint density at radius 1 is 0.432 bits per heavy atom. The topological polar surface area (TPSA) is 33.6 Å². The third-order valence-electron chi connectivity index (χ3n) is 8.83. The van der Waals surface area contributed by atoms with E-state index in [1.54, 1.807) is 0 Å². The number of H-pyrrole nitrogens is 1. The summed E-state index contributed by atoms with van der Waals surface area (Å²) < 4.78 is 2.42. The van der Waals surface area contributed by atoms with Crippen molar-refractivity contribution in [1.82, 2.24) is 14.5 Å². The number of benzene rings is 6. The van der Waals surface area contributed by atoms with Gasteiger partial charge in [-0.2, -0.15) is 0 Å². The number of nitrogens with one attached hydrogen (secondary N) is 1.